The van der Waals surface area contributed by atoms with Crippen molar-refractivity contribution in [3.63, 3.8) is 0 Å². The van der Waals surface area contributed by atoms with Crippen LogP contribution in [0.25, 0.3) is 0 Å². The van der Waals surface area contributed by atoms with E-state index in [0.29, 0.717) is 17.8 Å². The maximum atomic E-state index is 5.09. The summed E-state index contributed by atoms with van der Waals surface area (Å²) in [6.07, 6.45) is 4.54. The largest absolute Gasteiger partial charge is 0.395 e. The molecule has 1 aliphatic heterocycles. The van der Waals surface area contributed by atoms with E-state index >= 15 is 0 Å². The molecule has 3 unspecified atom stereocenters. The standard InChI is InChI=1S/C10H15NO/c1-3-7(2)9-5-4-8-6-12-11-10(8)9/h3,7-9H,1,4-6H2,2H3. The zero-order valence-corrected chi connectivity index (χ0v) is 7.49. The lowest BCUT2D eigenvalue weighted by atomic mass is 9.90. The van der Waals surface area contributed by atoms with Crippen LogP contribution in [0, 0.1) is 17.8 Å². The fourth-order valence-electron chi connectivity index (χ4n) is 2.19. The first-order chi connectivity index (χ1) is 5.83. The molecule has 1 fully saturated rings. The SMILES string of the molecule is C=CC(C)C1CCC2CON=C21. The highest BCUT2D eigenvalue weighted by Crippen LogP contribution is 2.36. The predicted molar refractivity (Wildman–Crippen MR) is 49.0 cm³/mol. The molecule has 0 aromatic rings. The number of rotatable bonds is 2. The van der Waals surface area contributed by atoms with Crippen LogP contribution in [0.4, 0.5) is 0 Å². The Morgan fingerprint density at radius 3 is 3.25 bits per heavy atom. The molecule has 0 N–H and O–H groups in total. The van der Waals surface area contributed by atoms with E-state index in [1.165, 1.54) is 18.6 Å². The molecule has 0 aromatic heterocycles. The van der Waals surface area contributed by atoms with Crippen LogP contribution in [0.1, 0.15) is 19.8 Å². The van der Waals surface area contributed by atoms with Crippen molar-refractivity contribution in [3.8, 4) is 0 Å². The summed E-state index contributed by atoms with van der Waals surface area (Å²) in [7, 11) is 0. The highest BCUT2D eigenvalue weighted by Gasteiger charge is 2.38. The van der Waals surface area contributed by atoms with Gasteiger partial charge >= 0.3 is 0 Å². The van der Waals surface area contributed by atoms with Crippen LogP contribution < -0.4 is 0 Å². The lowest BCUT2D eigenvalue weighted by molar-refractivity contribution is 0.150. The van der Waals surface area contributed by atoms with Crippen LogP contribution in [-0.4, -0.2) is 12.3 Å². The number of hydrogen-bond acceptors (Lipinski definition) is 2. The highest BCUT2D eigenvalue weighted by atomic mass is 16.6. The first-order valence-electron chi connectivity index (χ1n) is 4.65. The molecule has 0 aromatic carbocycles. The minimum atomic E-state index is 0.551. The van der Waals surface area contributed by atoms with Crippen molar-refractivity contribution in [2.24, 2.45) is 22.9 Å². The first-order valence-corrected chi connectivity index (χ1v) is 4.65. The van der Waals surface area contributed by atoms with E-state index in [0.717, 1.165) is 6.61 Å². The Morgan fingerprint density at radius 2 is 2.50 bits per heavy atom. The number of fused-ring (bicyclic) bond motifs is 1. The normalized spacial score (nSPS) is 35.2. The monoisotopic (exact) mass is 165 g/mol. The Bertz CT molecular complexity index is 222. The average Bonchev–Trinajstić information content (AvgIpc) is 2.62. The summed E-state index contributed by atoms with van der Waals surface area (Å²) in [6.45, 7) is 6.85. The summed E-state index contributed by atoms with van der Waals surface area (Å²) in [5.41, 5.74) is 1.29. The zero-order valence-electron chi connectivity index (χ0n) is 7.49. The van der Waals surface area contributed by atoms with E-state index in [1.54, 1.807) is 0 Å². The molecule has 3 atom stereocenters. The van der Waals surface area contributed by atoms with Gasteiger partial charge in [-0.2, -0.15) is 0 Å². The van der Waals surface area contributed by atoms with Gasteiger partial charge in [-0.15, -0.1) is 6.58 Å². The Morgan fingerprint density at radius 1 is 1.67 bits per heavy atom. The van der Waals surface area contributed by atoms with Gasteiger partial charge < -0.3 is 4.84 Å². The van der Waals surface area contributed by atoms with Gasteiger partial charge in [-0.25, -0.2) is 0 Å². The molecule has 1 heterocycles. The fourth-order valence-corrected chi connectivity index (χ4v) is 2.19. The minimum Gasteiger partial charge on any atom is -0.395 e. The van der Waals surface area contributed by atoms with E-state index in [2.05, 4.69) is 18.7 Å². The Balaban J connectivity index is 2.13. The van der Waals surface area contributed by atoms with Crippen molar-refractivity contribution >= 4 is 5.71 Å². The summed E-state index contributed by atoms with van der Waals surface area (Å²) in [6, 6.07) is 0. The zero-order chi connectivity index (χ0) is 8.55. The first kappa shape index (κ1) is 7.84. The van der Waals surface area contributed by atoms with E-state index in [9.17, 15) is 0 Å². The summed E-state index contributed by atoms with van der Waals surface area (Å²) in [4.78, 5) is 5.09. The number of allylic oxidation sites excluding steroid dienone is 1. The lowest BCUT2D eigenvalue weighted by Crippen LogP contribution is -2.17. The smallest absolute Gasteiger partial charge is 0.125 e. The molecule has 0 saturated heterocycles. The topological polar surface area (TPSA) is 21.6 Å². The van der Waals surface area contributed by atoms with Crippen molar-refractivity contribution in [3.05, 3.63) is 12.7 Å². The Labute approximate surface area is 73.3 Å². The second-order valence-corrected chi connectivity index (χ2v) is 3.79. The second kappa shape index (κ2) is 2.92. The van der Waals surface area contributed by atoms with Crippen LogP contribution in [0.3, 0.4) is 0 Å². The van der Waals surface area contributed by atoms with Gasteiger partial charge in [-0.05, 0) is 18.8 Å². The van der Waals surface area contributed by atoms with Gasteiger partial charge in [0.25, 0.3) is 0 Å². The molecule has 2 aliphatic rings. The summed E-state index contributed by atoms with van der Waals surface area (Å²) >= 11 is 0. The fraction of sp³-hybridized carbons (Fsp3) is 0.700. The van der Waals surface area contributed by atoms with Crippen LogP contribution in [0.5, 0.6) is 0 Å². The molecule has 1 saturated carbocycles. The molecular formula is C10H15NO. The van der Waals surface area contributed by atoms with Gasteiger partial charge in [0.2, 0.25) is 0 Å². The van der Waals surface area contributed by atoms with Crippen LogP contribution in [0.15, 0.2) is 17.8 Å². The molecule has 0 radical (unpaired) electrons. The molecule has 0 spiro atoms. The van der Waals surface area contributed by atoms with Crippen LogP contribution in [-0.2, 0) is 4.84 Å². The summed E-state index contributed by atoms with van der Waals surface area (Å²) in [5.74, 6) is 1.78. The van der Waals surface area contributed by atoms with Crippen molar-refractivity contribution in [1.29, 1.82) is 0 Å². The van der Waals surface area contributed by atoms with Gasteiger partial charge in [0, 0.05) is 11.8 Å². The quantitative estimate of drug-likeness (QED) is 0.575. The van der Waals surface area contributed by atoms with Crippen LogP contribution in [0.2, 0.25) is 0 Å². The summed E-state index contributed by atoms with van der Waals surface area (Å²) < 4.78 is 0. The van der Waals surface area contributed by atoms with E-state index in [-0.39, 0.29) is 0 Å². The van der Waals surface area contributed by atoms with Crippen molar-refractivity contribution < 1.29 is 4.84 Å². The van der Waals surface area contributed by atoms with Gasteiger partial charge in [0.1, 0.15) is 6.61 Å². The van der Waals surface area contributed by atoms with Gasteiger partial charge in [0.15, 0.2) is 0 Å². The molecule has 2 nitrogen and oxygen atoms in total. The van der Waals surface area contributed by atoms with Crippen LogP contribution >= 0.6 is 0 Å². The second-order valence-electron chi connectivity index (χ2n) is 3.79. The number of nitrogens with zero attached hydrogens (tertiary/aromatic N) is 1. The molecule has 0 bridgehead atoms. The molecule has 1 aliphatic carbocycles. The molecule has 0 amide bonds. The minimum absolute atomic E-state index is 0.551. The van der Waals surface area contributed by atoms with E-state index in [4.69, 9.17) is 4.84 Å². The highest BCUT2D eigenvalue weighted by molar-refractivity contribution is 5.91. The van der Waals surface area contributed by atoms with E-state index in [1.807, 2.05) is 6.08 Å². The lowest BCUT2D eigenvalue weighted by Gasteiger charge is -2.13. The maximum absolute atomic E-state index is 5.09. The van der Waals surface area contributed by atoms with Crippen molar-refractivity contribution in [1.82, 2.24) is 0 Å². The Kier molecular flexibility index (Phi) is 1.91. The van der Waals surface area contributed by atoms with Gasteiger partial charge in [-0.3, -0.25) is 0 Å². The van der Waals surface area contributed by atoms with Gasteiger partial charge in [-0.1, -0.05) is 18.2 Å². The van der Waals surface area contributed by atoms with Crippen molar-refractivity contribution in [2.45, 2.75) is 19.8 Å². The number of hydrogen-bond donors (Lipinski definition) is 0. The van der Waals surface area contributed by atoms with Crippen molar-refractivity contribution in [2.75, 3.05) is 6.61 Å². The molecule has 66 valence electrons. The molecule has 2 rings (SSSR count). The summed E-state index contributed by atoms with van der Waals surface area (Å²) in [5, 5.41) is 4.12. The predicted octanol–water partition coefficient (Wildman–Crippen LogP) is 2.22. The third-order valence-electron chi connectivity index (χ3n) is 3.08. The van der Waals surface area contributed by atoms with E-state index < -0.39 is 0 Å². The maximum Gasteiger partial charge on any atom is 0.125 e. The Hall–Kier alpha value is -0.790. The third kappa shape index (κ3) is 1.06. The molecule has 2 heteroatoms. The molecular weight excluding hydrogens is 150 g/mol. The average molecular weight is 165 g/mol. The third-order valence-corrected chi connectivity index (χ3v) is 3.08. The molecule has 12 heavy (non-hydrogen) atoms. The number of oxime groups is 1. The van der Waals surface area contributed by atoms with Gasteiger partial charge in [0.05, 0.1) is 5.71 Å².